The summed E-state index contributed by atoms with van der Waals surface area (Å²) in [6, 6.07) is 17.8. The highest BCUT2D eigenvalue weighted by atomic mass is 16.6. The summed E-state index contributed by atoms with van der Waals surface area (Å²) in [5, 5.41) is 6.98. The first-order valence-corrected chi connectivity index (χ1v) is 8.49. The van der Waals surface area contributed by atoms with Gasteiger partial charge in [0.1, 0.15) is 11.4 Å². The Kier molecular flexibility index (Phi) is 5.47. The van der Waals surface area contributed by atoms with Crippen LogP contribution < -0.4 is 15.5 Å². The van der Waals surface area contributed by atoms with Crippen molar-refractivity contribution in [1.29, 1.82) is 0 Å². The molecule has 0 radical (unpaired) electrons. The summed E-state index contributed by atoms with van der Waals surface area (Å²) in [5.74, 6) is 0.360. The zero-order valence-corrected chi connectivity index (χ0v) is 14.9. The van der Waals surface area contributed by atoms with Gasteiger partial charge < -0.3 is 10.1 Å². The first-order valence-electron chi connectivity index (χ1n) is 8.49. The van der Waals surface area contributed by atoms with Crippen LogP contribution in [0.5, 0.6) is 5.75 Å². The van der Waals surface area contributed by atoms with E-state index in [0.29, 0.717) is 23.4 Å². The van der Waals surface area contributed by atoms with E-state index in [-0.39, 0.29) is 11.1 Å². The molecule has 6 heteroatoms. The standard InChI is InChI=1S/C21H19N3O3/c1-3-22-21(26)27-18-11-7-8-16(14-18)15(2)20-19(25)12-13-24(23-20)17-9-5-4-6-10-17/h4-14H,2-3H2,1H3,(H,22,26). The maximum atomic E-state index is 12.3. The summed E-state index contributed by atoms with van der Waals surface area (Å²) in [6.07, 6.45) is 1.08. The van der Waals surface area contributed by atoms with Gasteiger partial charge in [-0.3, -0.25) is 4.79 Å². The van der Waals surface area contributed by atoms with Crippen molar-refractivity contribution >= 4 is 11.7 Å². The van der Waals surface area contributed by atoms with Gasteiger partial charge in [-0.25, -0.2) is 9.48 Å². The number of carbonyl (C=O) groups excluding carboxylic acids is 1. The van der Waals surface area contributed by atoms with Crippen molar-refractivity contribution < 1.29 is 9.53 Å². The molecule has 0 fully saturated rings. The molecular formula is C21H19N3O3. The lowest BCUT2D eigenvalue weighted by atomic mass is 10.0. The molecule has 1 N–H and O–H groups in total. The zero-order chi connectivity index (χ0) is 19.2. The minimum atomic E-state index is -0.537. The first kappa shape index (κ1) is 18.1. The van der Waals surface area contributed by atoms with Crippen molar-refractivity contribution in [3.63, 3.8) is 0 Å². The Hall–Kier alpha value is -3.67. The van der Waals surface area contributed by atoms with E-state index in [1.54, 1.807) is 42.1 Å². The highest BCUT2D eigenvalue weighted by Gasteiger charge is 2.12. The second-order valence-electron chi connectivity index (χ2n) is 5.73. The van der Waals surface area contributed by atoms with Crippen LogP contribution in [-0.4, -0.2) is 22.4 Å². The molecule has 6 nitrogen and oxygen atoms in total. The van der Waals surface area contributed by atoms with Gasteiger partial charge in [0.2, 0.25) is 5.43 Å². The fourth-order valence-corrected chi connectivity index (χ4v) is 2.51. The minimum Gasteiger partial charge on any atom is -0.410 e. The van der Waals surface area contributed by atoms with Crippen LogP contribution in [0.2, 0.25) is 0 Å². The quantitative estimate of drug-likeness (QED) is 0.756. The highest BCUT2D eigenvalue weighted by Crippen LogP contribution is 2.22. The summed E-state index contributed by atoms with van der Waals surface area (Å²) in [7, 11) is 0. The number of ether oxygens (including phenoxy) is 1. The lowest BCUT2D eigenvalue weighted by molar-refractivity contribution is 0.201. The summed E-state index contributed by atoms with van der Waals surface area (Å²) in [5.41, 5.74) is 1.93. The molecule has 3 aromatic rings. The molecule has 2 aromatic carbocycles. The second-order valence-corrected chi connectivity index (χ2v) is 5.73. The fraction of sp³-hybridized carbons (Fsp3) is 0.0952. The molecule has 0 aliphatic carbocycles. The molecule has 1 heterocycles. The van der Waals surface area contributed by atoms with E-state index in [4.69, 9.17) is 4.74 Å². The maximum Gasteiger partial charge on any atom is 0.412 e. The second kappa shape index (κ2) is 8.14. The Morgan fingerprint density at radius 2 is 1.93 bits per heavy atom. The Morgan fingerprint density at radius 1 is 1.15 bits per heavy atom. The molecule has 0 saturated heterocycles. The van der Waals surface area contributed by atoms with Crippen molar-refractivity contribution in [2.24, 2.45) is 0 Å². The molecule has 136 valence electrons. The number of benzene rings is 2. The predicted octanol–water partition coefficient (Wildman–Crippen LogP) is 3.40. The molecule has 0 aliphatic heterocycles. The summed E-state index contributed by atoms with van der Waals surface area (Å²) >= 11 is 0. The molecule has 27 heavy (non-hydrogen) atoms. The molecule has 0 bridgehead atoms. The zero-order valence-electron chi connectivity index (χ0n) is 14.9. The molecule has 0 aliphatic rings. The van der Waals surface area contributed by atoms with Gasteiger partial charge in [-0.2, -0.15) is 5.10 Å². The van der Waals surface area contributed by atoms with Gasteiger partial charge in [0.15, 0.2) is 0 Å². The molecule has 0 unspecified atom stereocenters. The van der Waals surface area contributed by atoms with E-state index in [9.17, 15) is 9.59 Å². The topological polar surface area (TPSA) is 73.2 Å². The van der Waals surface area contributed by atoms with Crippen LogP contribution in [-0.2, 0) is 0 Å². The van der Waals surface area contributed by atoms with E-state index in [1.807, 2.05) is 30.3 Å². The molecule has 1 aromatic heterocycles. The van der Waals surface area contributed by atoms with Crippen LogP contribution in [0.4, 0.5) is 4.79 Å². The predicted molar refractivity (Wildman–Crippen MR) is 104 cm³/mol. The number of hydrogen-bond donors (Lipinski definition) is 1. The Balaban J connectivity index is 1.92. The van der Waals surface area contributed by atoms with E-state index < -0.39 is 6.09 Å². The summed E-state index contributed by atoms with van der Waals surface area (Å²) in [6.45, 7) is 6.29. The average Bonchev–Trinajstić information content (AvgIpc) is 2.69. The van der Waals surface area contributed by atoms with Crippen molar-refractivity contribution in [3.8, 4) is 11.4 Å². The minimum absolute atomic E-state index is 0.233. The number of nitrogens with zero attached hydrogens (tertiary/aromatic N) is 2. The fourth-order valence-electron chi connectivity index (χ4n) is 2.51. The smallest absolute Gasteiger partial charge is 0.410 e. The van der Waals surface area contributed by atoms with Crippen LogP contribution in [0.15, 0.2) is 78.2 Å². The SMILES string of the molecule is C=C(c1cccc(OC(=O)NCC)c1)c1nn(-c2ccccc2)ccc1=O. The third kappa shape index (κ3) is 4.30. The van der Waals surface area contributed by atoms with Gasteiger partial charge in [-0.15, -0.1) is 0 Å². The van der Waals surface area contributed by atoms with Crippen LogP contribution in [0.25, 0.3) is 11.3 Å². The Morgan fingerprint density at radius 3 is 2.67 bits per heavy atom. The van der Waals surface area contributed by atoms with Crippen LogP contribution >= 0.6 is 0 Å². The molecule has 0 atom stereocenters. The van der Waals surface area contributed by atoms with Gasteiger partial charge >= 0.3 is 6.09 Å². The van der Waals surface area contributed by atoms with Gasteiger partial charge in [-0.1, -0.05) is 36.9 Å². The number of amides is 1. The summed E-state index contributed by atoms with van der Waals surface area (Å²) in [4.78, 5) is 23.9. The van der Waals surface area contributed by atoms with Crippen LogP contribution in [0, 0.1) is 0 Å². The lowest BCUT2D eigenvalue weighted by Crippen LogP contribution is -2.26. The number of para-hydroxylation sites is 1. The Labute approximate surface area is 156 Å². The van der Waals surface area contributed by atoms with Gasteiger partial charge in [0, 0.05) is 24.4 Å². The third-order valence-corrected chi connectivity index (χ3v) is 3.83. The van der Waals surface area contributed by atoms with Crippen molar-refractivity contribution in [2.75, 3.05) is 6.54 Å². The normalized spacial score (nSPS) is 10.3. The average molecular weight is 361 g/mol. The third-order valence-electron chi connectivity index (χ3n) is 3.83. The molecule has 0 saturated carbocycles. The molecular weight excluding hydrogens is 342 g/mol. The van der Waals surface area contributed by atoms with Crippen molar-refractivity contribution in [1.82, 2.24) is 15.1 Å². The summed E-state index contributed by atoms with van der Waals surface area (Å²) < 4.78 is 6.83. The van der Waals surface area contributed by atoms with Gasteiger partial charge in [-0.05, 0) is 36.8 Å². The highest BCUT2D eigenvalue weighted by molar-refractivity contribution is 5.77. The van der Waals surface area contributed by atoms with Gasteiger partial charge in [0.05, 0.1) is 5.69 Å². The maximum absolute atomic E-state index is 12.3. The molecule has 0 spiro atoms. The lowest BCUT2D eigenvalue weighted by Gasteiger charge is -2.10. The largest absolute Gasteiger partial charge is 0.412 e. The number of rotatable bonds is 5. The van der Waals surface area contributed by atoms with Crippen LogP contribution in [0.1, 0.15) is 18.2 Å². The van der Waals surface area contributed by atoms with Crippen molar-refractivity contribution in [2.45, 2.75) is 6.92 Å². The van der Waals surface area contributed by atoms with E-state index >= 15 is 0 Å². The number of hydrogen-bond acceptors (Lipinski definition) is 4. The first-order chi connectivity index (χ1) is 13.1. The van der Waals surface area contributed by atoms with Gasteiger partial charge in [0.25, 0.3) is 0 Å². The monoisotopic (exact) mass is 361 g/mol. The van der Waals surface area contributed by atoms with Crippen LogP contribution in [0.3, 0.4) is 0 Å². The number of aromatic nitrogens is 2. The van der Waals surface area contributed by atoms with E-state index in [2.05, 4.69) is 17.0 Å². The van der Waals surface area contributed by atoms with E-state index in [1.165, 1.54) is 6.07 Å². The van der Waals surface area contributed by atoms with E-state index in [0.717, 1.165) is 5.69 Å². The molecule has 1 amide bonds. The Bertz CT molecular complexity index is 1030. The van der Waals surface area contributed by atoms with Crippen molar-refractivity contribution in [3.05, 3.63) is 94.9 Å². The number of nitrogens with one attached hydrogen (secondary N) is 1. The number of carbonyl (C=O) groups is 1. The molecule has 3 rings (SSSR count).